The molecule has 1 aromatic heterocycles. The van der Waals surface area contributed by atoms with Gasteiger partial charge in [0.1, 0.15) is 11.5 Å². The molecule has 2 aliphatic heterocycles. The lowest BCUT2D eigenvalue weighted by Gasteiger charge is -2.44. The second kappa shape index (κ2) is 11.3. The summed E-state index contributed by atoms with van der Waals surface area (Å²) in [6, 6.07) is 16.2. The van der Waals surface area contributed by atoms with E-state index in [9.17, 15) is 9.59 Å². The molecule has 1 spiro atoms. The molecule has 0 saturated carbocycles. The number of benzene rings is 2. The summed E-state index contributed by atoms with van der Waals surface area (Å²) in [6.45, 7) is 6.03. The minimum Gasteiger partial charge on any atom is -0.484 e. The predicted molar refractivity (Wildman–Crippen MR) is 153 cm³/mol. The van der Waals surface area contributed by atoms with Crippen LogP contribution in [0.4, 0.5) is 0 Å². The molecule has 1 fully saturated rings. The smallest absolute Gasteiger partial charge is 0.263 e. The van der Waals surface area contributed by atoms with Crippen LogP contribution in [-0.4, -0.2) is 65.6 Å². The van der Waals surface area contributed by atoms with E-state index in [2.05, 4.69) is 23.6 Å². The highest BCUT2D eigenvalue weighted by molar-refractivity contribution is 5.83. The molecule has 0 unspecified atom stereocenters. The molecule has 2 aromatic carbocycles. The van der Waals surface area contributed by atoms with Crippen LogP contribution in [0.1, 0.15) is 50.3 Å². The predicted octanol–water partition coefficient (Wildman–Crippen LogP) is 5.13. The van der Waals surface area contributed by atoms with Gasteiger partial charge < -0.3 is 23.8 Å². The number of fused-ring (bicyclic) bond motifs is 2. The van der Waals surface area contributed by atoms with Gasteiger partial charge in [0, 0.05) is 50.3 Å². The average Bonchev–Trinajstić information content (AvgIpc) is 3.22. The lowest BCUT2D eigenvalue weighted by molar-refractivity contribution is -0.141. The third kappa shape index (κ3) is 5.92. The largest absolute Gasteiger partial charge is 0.484 e. The van der Waals surface area contributed by atoms with Crippen LogP contribution in [0.2, 0.25) is 0 Å². The number of hydrogen-bond donors (Lipinski definition) is 0. The number of amides is 2. The fourth-order valence-corrected chi connectivity index (χ4v) is 6.28. The van der Waals surface area contributed by atoms with Gasteiger partial charge in [-0.25, -0.2) is 0 Å². The number of likely N-dealkylation sites (N-methyl/N-ethyl adjacent to an activating group) is 1. The summed E-state index contributed by atoms with van der Waals surface area (Å²) >= 11 is 0. The Bertz CT molecular complexity index is 1340. The van der Waals surface area contributed by atoms with Gasteiger partial charge in [-0.3, -0.25) is 9.59 Å². The molecule has 0 N–H and O–H groups in total. The van der Waals surface area contributed by atoms with Gasteiger partial charge in [-0.05, 0) is 87.3 Å². The van der Waals surface area contributed by atoms with Gasteiger partial charge >= 0.3 is 0 Å². The molecular formula is C32H41N3O4. The highest BCUT2D eigenvalue weighted by Crippen LogP contribution is 2.38. The molecule has 208 valence electrons. The van der Waals surface area contributed by atoms with Gasteiger partial charge in [-0.2, -0.15) is 0 Å². The Balaban J connectivity index is 1.20. The van der Waals surface area contributed by atoms with Crippen LogP contribution in [0.5, 0.6) is 11.5 Å². The quantitative estimate of drug-likeness (QED) is 0.470. The summed E-state index contributed by atoms with van der Waals surface area (Å²) < 4.78 is 14.2. The van der Waals surface area contributed by atoms with Gasteiger partial charge in [0.2, 0.25) is 0 Å². The third-order valence-electron chi connectivity index (χ3n) is 8.77. The van der Waals surface area contributed by atoms with Crippen LogP contribution in [0.15, 0.2) is 48.5 Å². The number of carbonyl (C=O) groups excluding carboxylic acids is 2. The summed E-state index contributed by atoms with van der Waals surface area (Å²) in [5.74, 6) is 1.55. The molecular weight excluding hydrogens is 490 g/mol. The van der Waals surface area contributed by atoms with Crippen molar-refractivity contribution < 1.29 is 19.1 Å². The van der Waals surface area contributed by atoms with E-state index in [1.807, 2.05) is 67.2 Å². The van der Waals surface area contributed by atoms with Crippen molar-refractivity contribution in [3.63, 3.8) is 0 Å². The van der Waals surface area contributed by atoms with Crippen molar-refractivity contribution in [2.45, 2.75) is 58.5 Å². The Labute approximate surface area is 231 Å². The molecule has 5 rings (SSSR count). The molecule has 3 heterocycles. The van der Waals surface area contributed by atoms with E-state index in [1.54, 1.807) is 0 Å². The van der Waals surface area contributed by atoms with Gasteiger partial charge in [0.25, 0.3) is 11.8 Å². The number of aromatic nitrogens is 1. The summed E-state index contributed by atoms with van der Waals surface area (Å²) in [6.07, 6.45) is 5.40. The lowest BCUT2D eigenvalue weighted by atomic mass is 9.73. The topological polar surface area (TPSA) is 64.0 Å². The second-order valence-electron chi connectivity index (χ2n) is 11.5. The summed E-state index contributed by atoms with van der Waals surface area (Å²) in [4.78, 5) is 30.0. The van der Waals surface area contributed by atoms with E-state index in [0.29, 0.717) is 25.4 Å². The van der Waals surface area contributed by atoms with Gasteiger partial charge in [-0.1, -0.05) is 24.6 Å². The van der Waals surface area contributed by atoms with Crippen LogP contribution < -0.4 is 9.47 Å². The maximum Gasteiger partial charge on any atom is 0.263 e. The molecule has 1 saturated heterocycles. The number of likely N-dealkylation sites (tertiary alicyclic amines) is 1. The monoisotopic (exact) mass is 531 g/mol. The number of ether oxygens (including phenoxy) is 2. The van der Waals surface area contributed by atoms with Gasteiger partial charge in [-0.15, -0.1) is 0 Å². The van der Waals surface area contributed by atoms with Crippen LogP contribution in [0.25, 0.3) is 10.9 Å². The summed E-state index contributed by atoms with van der Waals surface area (Å²) in [5, 5.41) is 1.12. The van der Waals surface area contributed by atoms with Crippen molar-refractivity contribution in [3.05, 3.63) is 59.8 Å². The molecule has 7 heteroatoms. The molecule has 2 amide bonds. The zero-order valence-electron chi connectivity index (χ0n) is 23.7. The molecule has 1 atom stereocenters. The molecule has 0 bridgehead atoms. The van der Waals surface area contributed by atoms with E-state index in [1.165, 1.54) is 5.69 Å². The first kappa shape index (κ1) is 27.1. The van der Waals surface area contributed by atoms with Crippen LogP contribution >= 0.6 is 0 Å². The van der Waals surface area contributed by atoms with E-state index in [0.717, 1.165) is 60.7 Å². The second-order valence-corrected chi connectivity index (χ2v) is 11.5. The van der Waals surface area contributed by atoms with Gasteiger partial charge in [0.05, 0.1) is 0 Å². The number of piperidine rings is 1. The lowest BCUT2D eigenvalue weighted by Crippen LogP contribution is -2.50. The first-order valence-electron chi connectivity index (χ1n) is 14.2. The van der Waals surface area contributed by atoms with Crippen LogP contribution in [0, 0.1) is 12.3 Å². The molecule has 2 aliphatic rings. The van der Waals surface area contributed by atoms with E-state index < -0.39 is 6.10 Å². The SMILES string of the molecule is Cc1cc2cc(OCC(=O)N3CCC4(CCCCc5ccccc5O[C@H](C)C(=O)N(C)C4)CC3)ccc2n1C. The van der Waals surface area contributed by atoms with Crippen molar-refractivity contribution in [1.29, 1.82) is 0 Å². The number of aryl methyl sites for hydroxylation is 3. The van der Waals surface area contributed by atoms with Crippen molar-refractivity contribution in [3.8, 4) is 11.5 Å². The number of nitrogens with zero attached hydrogens (tertiary/aromatic N) is 3. The number of carbonyl (C=O) groups is 2. The van der Waals surface area contributed by atoms with Crippen LogP contribution in [0.3, 0.4) is 0 Å². The summed E-state index contributed by atoms with van der Waals surface area (Å²) in [7, 11) is 3.94. The molecule has 39 heavy (non-hydrogen) atoms. The van der Waals surface area contributed by atoms with E-state index in [4.69, 9.17) is 9.47 Å². The highest BCUT2D eigenvalue weighted by Gasteiger charge is 2.38. The zero-order valence-corrected chi connectivity index (χ0v) is 23.7. The fraction of sp³-hybridized carbons (Fsp3) is 0.500. The first-order valence-corrected chi connectivity index (χ1v) is 14.2. The molecule has 3 aromatic rings. The minimum absolute atomic E-state index is 0.00207. The molecule has 0 aliphatic carbocycles. The average molecular weight is 532 g/mol. The Kier molecular flexibility index (Phi) is 7.87. The van der Waals surface area contributed by atoms with Crippen molar-refractivity contribution in [2.75, 3.05) is 33.3 Å². The number of hydrogen-bond acceptors (Lipinski definition) is 4. The molecule has 7 nitrogen and oxygen atoms in total. The van der Waals surface area contributed by atoms with Crippen LogP contribution in [-0.2, 0) is 23.1 Å². The number of rotatable bonds is 3. The van der Waals surface area contributed by atoms with E-state index >= 15 is 0 Å². The fourth-order valence-electron chi connectivity index (χ4n) is 6.28. The first-order chi connectivity index (χ1) is 18.7. The maximum absolute atomic E-state index is 13.2. The van der Waals surface area contributed by atoms with Crippen molar-refractivity contribution >= 4 is 22.7 Å². The Morgan fingerprint density at radius 2 is 1.82 bits per heavy atom. The summed E-state index contributed by atoms with van der Waals surface area (Å²) in [5.41, 5.74) is 3.51. The zero-order chi connectivity index (χ0) is 27.6. The van der Waals surface area contributed by atoms with Crippen molar-refractivity contribution in [2.24, 2.45) is 12.5 Å². The normalized spacial score (nSPS) is 20.2. The Hall–Kier alpha value is -3.48. The molecule has 0 radical (unpaired) electrons. The maximum atomic E-state index is 13.2. The third-order valence-corrected chi connectivity index (χ3v) is 8.77. The number of para-hydroxylation sites is 1. The van der Waals surface area contributed by atoms with Gasteiger partial charge in [0.15, 0.2) is 12.7 Å². The Morgan fingerprint density at radius 1 is 1.05 bits per heavy atom. The van der Waals surface area contributed by atoms with Crippen molar-refractivity contribution in [1.82, 2.24) is 14.4 Å². The Morgan fingerprint density at radius 3 is 2.62 bits per heavy atom. The highest BCUT2D eigenvalue weighted by atomic mass is 16.5. The minimum atomic E-state index is -0.537. The standard InChI is InChI=1S/C32H41N3O4/c1-23-19-26-20-27(12-13-28(26)34(23)4)38-21-30(36)35-17-15-32(16-18-35)14-8-7-10-25-9-5-6-11-29(25)39-24(2)31(37)33(3)22-32/h5-6,9,11-13,19-20,24H,7-8,10,14-18,21-22H2,1-4H3/t24-/m1/s1. The van der Waals surface area contributed by atoms with E-state index in [-0.39, 0.29) is 23.8 Å².